The van der Waals surface area contributed by atoms with E-state index in [-0.39, 0.29) is 6.04 Å². The molecule has 2 atom stereocenters. The molecule has 0 radical (unpaired) electrons. The zero-order valence-corrected chi connectivity index (χ0v) is 9.37. The van der Waals surface area contributed by atoms with Crippen molar-refractivity contribution in [1.82, 2.24) is 4.98 Å². The van der Waals surface area contributed by atoms with Crippen molar-refractivity contribution in [3.05, 3.63) is 9.98 Å². The van der Waals surface area contributed by atoms with Gasteiger partial charge in [-0.15, -0.1) is 0 Å². The average molecular weight is 265 g/mol. The second kappa shape index (κ2) is 3.92. The van der Waals surface area contributed by atoms with Crippen LogP contribution in [0.5, 0.6) is 0 Å². The Hall–Kier alpha value is -0.160. The van der Waals surface area contributed by atoms with Gasteiger partial charge in [-0.1, -0.05) is 11.3 Å². The predicted octanol–water partition coefficient (Wildman–Crippen LogP) is 3.21. The Labute approximate surface area is 88.7 Å². The summed E-state index contributed by atoms with van der Waals surface area (Å²) in [6.45, 7) is 0. The molecule has 0 saturated heterocycles. The van der Waals surface area contributed by atoms with Gasteiger partial charge in [-0.05, 0) is 35.2 Å². The van der Waals surface area contributed by atoms with Crippen LogP contribution in [0.2, 0.25) is 0 Å². The molecular formula is C8H10BrFN2S. The summed E-state index contributed by atoms with van der Waals surface area (Å²) < 4.78 is 14.2. The molecule has 0 bridgehead atoms. The number of hydrogen-bond donors (Lipinski definition) is 1. The maximum Gasteiger partial charge on any atom is 0.184 e. The van der Waals surface area contributed by atoms with E-state index in [1.165, 1.54) is 11.3 Å². The van der Waals surface area contributed by atoms with E-state index in [4.69, 9.17) is 0 Å². The Balaban J connectivity index is 1.97. The summed E-state index contributed by atoms with van der Waals surface area (Å²) in [6, 6.07) is -0.0296. The van der Waals surface area contributed by atoms with Gasteiger partial charge in [0.25, 0.3) is 0 Å². The van der Waals surface area contributed by atoms with Crippen LogP contribution in [0.1, 0.15) is 19.3 Å². The minimum absolute atomic E-state index is 0.0296. The maximum absolute atomic E-state index is 13.2. The molecule has 0 amide bonds. The first-order valence-corrected chi connectivity index (χ1v) is 5.88. The van der Waals surface area contributed by atoms with Gasteiger partial charge in [0.1, 0.15) is 6.17 Å². The highest BCUT2D eigenvalue weighted by molar-refractivity contribution is 9.11. The van der Waals surface area contributed by atoms with Crippen LogP contribution < -0.4 is 5.32 Å². The van der Waals surface area contributed by atoms with Gasteiger partial charge in [0.15, 0.2) is 5.13 Å². The molecule has 0 unspecified atom stereocenters. The van der Waals surface area contributed by atoms with Crippen LogP contribution in [0.4, 0.5) is 9.52 Å². The van der Waals surface area contributed by atoms with Gasteiger partial charge < -0.3 is 5.32 Å². The molecule has 13 heavy (non-hydrogen) atoms. The molecule has 0 spiro atoms. The number of rotatable bonds is 2. The zero-order chi connectivity index (χ0) is 9.26. The fourth-order valence-corrected chi connectivity index (χ4v) is 2.73. The number of anilines is 1. The van der Waals surface area contributed by atoms with Crippen LogP contribution >= 0.6 is 27.3 Å². The number of nitrogens with zero attached hydrogens (tertiary/aromatic N) is 1. The summed E-state index contributed by atoms with van der Waals surface area (Å²) in [6.07, 6.45) is 3.60. The molecule has 1 aromatic rings. The zero-order valence-electron chi connectivity index (χ0n) is 6.96. The molecule has 0 aromatic carbocycles. The first-order valence-electron chi connectivity index (χ1n) is 4.27. The predicted molar refractivity (Wildman–Crippen MR) is 56.0 cm³/mol. The van der Waals surface area contributed by atoms with Crippen molar-refractivity contribution in [3.63, 3.8) is 0 Å². The van der Waals surface area contributed by atoms with Gasteiger partial charge in [0.2, 0.25) is 0 Å². The van der Waals surface area contributed by atoms with Crippen LogP contribution in [0.25, 0.3) is 0 Å². The van der Waals surface area contributed by atoms with Crippen molar-refractivity contribution in [2.75, 3.05) is 5.32 Å². The highest BCUT2D eigenvalue weighted by Crippen LogP contribution is 2.29. The molecule has 1 N–H and O–H groups in total. The van der Waals surface area contributed by atoms with E-state index in [0.717, 1.165) is 21.8 Å². The topological polar surface area (TPSA) is 24.9 Å². The van der Waals surface area contributed by atoms with Gasteiger partial charge in [0.05, 0.1) is 16.0 Å². The van der Waals surface area contributed by atoms with E-state index in [1.807, 2.05) is 0 Å². The first kappa shape index (κ1) is 9.40. The lowest BCUT2D eigenvalue weighted by Crippen LogP contribution is -2.24. The van der Waals surface area contributed by atoms with Crippen molar-refractivity contribution in [2.45, 2.75) is 31.5 Å². The number of alkyl halides is 1. The van der Waals surface area contributed by atoms with Gasteiger partial charge >= 0.3 is 0 Å². The van der Waals surface area contributed by atoms with Crippen LogP contribution in [0, 0.1) is 0 Å². The molecule has 2 nitrogen and oxygen atoms in total. The third-order valence-electron chi connectivity index (χ3n) is 2.22. The molecule has 1 aromatic heterocycles. The molecule has 5 heteroatoms. The molecule has 1 heterocycles. The molecule has 1 aliphatic rings. The minimum Gasteiger partial charge on any atom is -0.356 e. The van der Waals surface area contributed by atoms with E-state index in [1.54, 1.807) is 6.20 Å². The summed E-state index contributed by atoms with van der Waals surface area (Å²) in [7, 11) is 0. The van der Waals surface area contributed by atoms with Crippen molar-refractivity contribution >= 4 is 32.4 Å². The van der Waals surface area contributed by atoms with E-state index in [9.17, 15) is 4.39 Å². The normalized spacial score (nSPS) is 27.8. The maximum atomic E-state index is 13.2. The Bertz CT molecular complexity index is 291. The standard InChI is InChI=1S/C8H10BrFN2S/c9-7-4-11-8(13-7)12-6-3-1-2-5(6)10/h4-6H,1-3H2,(H,11,12)/t5-,6+/m1/s1. The van der Waals surface area contributed by atoms with Gasteiger partial charge in [0, 0.05) is 0 Å². The monoisotopic (exact) mass is 264 g/mol. The van der Waals surface area contributed by atoms with Crippen LogP contribution in [-0.2, 0) is 0 Å². The summed E-state index contributed by atoms with van der Waals surface area (Å²) in [5.41, 5.74) is 0. The summed E-state index contributed by atoms with van der Waals surface area (Å²) >= 11 is 4.82. The second-order valence-electron chi connectivity index (χ2n) is 3.17. The van der Waals surface area contributed by atoms with Crippen molar-refractivity contribution in [3.8, 4) is 0 Å². The lowest BCUT2D eigenvalue weighted by molar-refractivity contribution is 0.323. The highest BCUT2D eigenvalue weighted by atomic mass is 79.9. The number of thiazole rings is 1. The Morgan fingerprint density at radius 3 is 3.00 bits per heavy atom. The van der Waals surface area contributed by atoms with Crippen molar-refractivity contribution in [2.24, 2.45) is 0 Å². The lowest BCUT2D eigenvalue weighted by Gasteiger charge is -2.13. The molecule has 0 aliphatic heterocycles. The third kappa shape index (κ3) is 2.20. The average Bonchev–Trinajstić information content (AvgIpc) is 2.64. The van der Waals surface area contributed by atoms with Crippen LogP contribution in [0.3, 0.4) is 0 Å². The molecule has 1 saturated carbocycles. The summed E-state index contributed by atoms with van der Waals surface area (Å²) in [5.74, 6) is 0. The smallest absolute Gasteiger partial charge is 0.184 e. The number of nitrogens with one attached hydrogen (secondary N) is 1. The quantitative estimate of drug-likeness (QED) is 0.888. The van der Waals surface area contributed by atoms with Crippen molar-refractivity contribution < 1.29 is 4.39 Å². The minimum atomic E-state index is -0.706. The van der Waals surface area contributed by atoms with E-state index >= 15 is 0 Å². The Kier molecular flexibility index (Phi) is 2.83. The van der Waals surface area contributed by atoms with Crippen LogP contribution in [-0.4, -0.2) is 17.2 Å². The molecule has 1 aliphatic carbocycles. The number of halogens is 2. The first-order chi connectivity index (χ1) is 6.25. The van der Waals surface area contributed by atoms with Gasteiger partial charge in [-0.25, -0.2) is 9.37 Å². The molecule has 1 fully saturated rings. The third-order valence-corrected chi connectivity index (χ3v) is 3.63. The lowest BCUT2D eigenvalue weighted by atomic mass is 10.2. The van der Waals surface area contributed by atoms with Gasteiger partial charge in [-0.2, -0.15) is 0 Å². The molecule has 2 rings (SSSR count). The fourth-order valence-electron chi connectivity index (χ4n) is 1.56. The highest BCUT2D eigenvalue weighted by Gasteiger charge is 2.27. The molecular weight excluding hydrogens is 255 g/mol. The van der Waals surface area contributed by atoms with Crippen molar-refractivity contribution in [1.29, 1.82) is 0 Å². The summed E-state index contributed by atoms with van der Waals surface area (Å²) in [5, 5.41) is 3.92. The van der Waals surface area contributed by atoms with E-state index < -0.39 is 6.17 Å². The van der Waals surface area contributed by atoms with Crippen LogP contribution in [0.15, 0.2) is 9.98 Å². The summed E-state index contributed by atoms with van der Waals surface area (Å²) in [4.78, 5) is 4.11. The largest absolute Gasteiger partial charge is 0.356 e. The fraction of sp³-hybridized carbons (Fsp3) is 0.625. The van der Waals surface area contributed by atoms with Gasteiger partial charge in [-0.3, -0.25) is 0 Å². The van der Waals surface area contributed by atoms with E-state index in [0.29, 0.717) is 6.42 Å². The Morgan fingerprint density at radius 2 is 2.46 bits per heavy atom. The Morgan fingerprint density at radius 1 is 1.62 bits per heavy atom. The SMILES string of the molecule is F[C@@H]1CCC[C@@H]1Nc1ncc(Br)s1. The van der Waals surface area contributed by atoms with E-state index in [2.05, 4.69) is 26.2 Å². The number of aromatic nitrogens is 1. The molecule has 72 valence electrons. The second-order valence-corrected chi connectivity index (χ2v) is 5.58. The number of hydrogen-bond acceptors (Lipinski definition) is 3.